The number of aliphatic hydroxyl groups is 1. The Labute approximate surface area is 122 Å². The molecule has 0 aromatic carbocycles. The average Bonchev–Trinajstić information content (AvgIpc) is 2.31. The predicted octanol–water partition coefficient (Wildman–Crippen LogP) is 2.80. The molecular formula is C15H28N2OS. The van der Waals surface area contributed by atoms with Gasteiger partial charge in [-0.15, -0.1) is 11.8 Å². The van der Waals surface area contributed by atoms with Crippen LogP contribution >= 0.6 is 11.8 Å². The van der Waals surface area contributed by atoms with Crippen molar-refractivity contribution in [3.63, 3.8) is 0 Å². The monoisotopic (exact) mass is 284 g/mol. The first-order chi connectivity index (χ1) is 8.93. The Bertz CT molecular complexity index is 314. The number of aliphatic hydroxyl groups excluding tert-OH is 1. The van der Waals surface area contributed by atoms with Gasteiger partial charge in [-0.1, -0.05) is 20.8 Å². The summed E-state index contributed by atoms with van der Waals surface area (Å²) < 4.78 is 0. The van der Waals surface area contributed by atoms with Gasteiger partial charge in [-0.05, 0) is 49.3 Å². The van der Waals surface area contributed by atoms with Crippen LogP contribution in [-0.4, -0.2) is 35.3 Å². The van der Waals surface area contributed by atoms with E-state index in [1.54, 1.807) is 11.8 Å². The number of rotatable bonds is 7. The van der Waals surface area contributed by atoms with Gasteiger partial charge in [-0.2, -0.15) is 5.26 Å². The number of nitrogens with zero attached hydrogens (tertiary/aromatic N) is 1. The van der Waals surface area contributed by atoms with Gasteiger partial charge in [-0.3, -0.25) is 0 Å². The van der Waals surface area contributed by atoms with E-state index in [0.29, 0.717) is 17.1 Å². The molecule has 1 aliphatic rings. The molecule has 19 heavy (non-hydrogen) atoms. The fraction of sp³-hybridized carbons (Fsp3) is 0.933. The Hall–Kier alpha value is -0.240. The molecule has 0 aromatic rings. The number of thioether (sulfide) groups is 1. The lowest BCUT2D eigenvalue weighted by atomic mass is 9.64. The Balaban J connectivity index is 2.40. The second-order valence-corrected chi connectivity index (χ2v) is 7.89. The molecule has 3 nitrogen and oxygen atoms in total. The van der Waals surface area contributed by atoms with Gasteiger partial charge < -0.3 is 10.4 Å². The molecule has 110 valence electrons. The number of hydrogen-bond acceptors (Lipinski definition) is 4. The first-order valence-electron chi connectivity index (χ1n) is 7.24. The molecule has 0 spiro atoms. The van der Waals surface area contributed by atoms with Gasteiger partial charge in [0.15, 0.2) is 0 Å². The molecule has 0 aliphatic heterocycles. The second-order valence-electron chi connectivity index (χ2n) is 6.78. The summed E-state index contributed by atoms with van der Waals surface area (Å²) in [6.07, 6.45) is 4.42. The maximum absolute atomic E-state index is 9.82. The standard InChI is InChI=1S/C15H28N2OS/c1-13-9-14(2,3)11-15(10-13,12-18)17-6-4-7-19-8-5-16/h13,17-18H,4,6-12H2,1-3H3. The number of nitriles is 1. The van der Waals surface area contributed by atoms with Crippen LogP contribution in [0.5, 0.6) is 0 Å². The molecular weight excluding hydrogens is 256 g/mol. The molecule has 2 atom stereocenters. The Morgan fingerprint density at radius 1 is 1.42 bits per heavy atom. The molecule has 0 bridgehead atoms. The lowest BCUT2D eigenvalue weighted by Gasteiger charge is -2.47. The first kappa shape index (κ1) is 16.8. The summed E-state index contributed by atoms with van der Waals surface area (Å²) >= 11 is 1.68. The van der Waals surface area contributed by atoms with Gasteiger partial charge in [-0.25, -0.2) is 0 Å². The third-order valence-electron chi connectivity index (χ3n) is 3.89. The van der Waals surface area contributed by atoms with E-state index in [4.69, 9.17) is 5.26 Å². The molecule has 1 aliphatic carbocycles. The average molecular weight is 284 g/mol. The van der Waals surface area contributed by atoms with E-state index in [1.165, 1.54) is 6.42 Å². The van der Waals surface area contributed by atoms with Crippen molar-refractivity contribution in [2.24, 2.45) is 11.3 Å². The van der Waals surface area contributed by atoms with E-state index in [2.05, 4.69) is 32.2 Å². The molecule has 2 N–H and O–H groups in total. The molecule has 1 rings (SSSR count). The lowest BCUT2D eigenvalue weighted by molar-refractivity contribution is 0.0368. The minimum Gasteiger partial charge on any atom is -0.394 e. The molecule has 0 amide bonds. The van der Waals surface area contributed by atoms with Crippen LogP contribution in [0.4, 0.5) is 0 Å². The highest BCUT2D eigenvalue weighted by atomic mass is 32.2. The normalized spacial score (nSPS) is 29.9. The largest absolute Gasteiger partial charge is 0.394 e. The van der Waals surface area contributed by atoms with Crippen molar-refractivity contribution in [3.8, 4) is 6.07 Å². The summed E-state index contributed by atoms with van der Waals surface area (Å²) in [4.78, 5) is 0. The van der Waals surface area contributed by atoms with E-state index in [0.717, 1.165) is 31.6 Å². The van der Waals surface area contributed by atoms with Crippen molar-refractivity contribution in [3.05, 3.63) is 0 Å². The summed E-state index contributed by atoms with van der Waals surface area (Å²) in [5, 5.41) is 21.9. The van der Waals surface area contributed by atoms with Crippen molar-refractivity contribution < 1.29 is 5.11 Å². The molecule has 1 saturated carbocycles. The van der Waals surface area contributed by atoms with Crippen LogP contribution in [0.25, 0.3) is 0 Å². The van der Waals surface area contributed by atoms with Gasteiger partial charge in [0.25, 0.3) is 0 Å². The smallest absolute Gasteiger partial charge is 0.0808 e. The van der Waals surface area contributed by atoms with E-state index in [9.17, 15) is 5.11 Å². The van der Waals surface area contributed by atoms with Crippen molar-refractivity contribution in [1.29, 1.82) is 5.26 Å². The number of nitrogens with one attached hydrogen (secondary N) is 1. The zero-order valence-corrected chi connectivity index (χ0v) is 13.4. The Kier molecular flexibility index (Phi) is 6.65. The van der Waals surface area contributed by atoms with Crippen molar-refractivity contribution in [2.75, 3.05) is 24.7 Å². The van der Waals surface area contributed by atoms with E-state index in [-0.39, 0.29) is 12.1 Å². The summed E-state index contributed by atoms with van der Waals surface area (Å²) in [5.74, 6) is 2.26. The molecule has 0 aromatic heterocycles. The highest BCUT2D eigenvalue weighted by molar-refractivity contribution is 7.99. The van der Waals surface area contributed by atoms with Crippen LogP contribution in [0.3, 0.4) is 0 Å². The Morgan fingerprint density at radius 3 is 2.74 bits per heavy atom. The van der Waals surface area contributed by atoms with Crippen LogP contribution in [0.2, 0.25) is 0 Å². The summed E-state index contributed by atoms with van der Waals surface area (Å²) in [7, 11) is 0. The zero-order valence-electron chi connectivity index (χ0n) is 12.5. The number of hydrogen-bond donors (Lipinski definition) is 2. The minimum absolute atomic E-state index is 0.0962. The summed E-state index contributed by atoms with van der Waals surface area (Å²) in [6, 6.07) is 2.15. The zero-order chi connectivity index (χ0) is 14.4. The van der Waals surface area contributed by atoms with Crippen LogP contribution < -0.4 is 5.32 Å². The SMILES string of the molecule is CC1CC(C)(C)CC(CO)(NCCCSCC#N)C1. The predicted molar refractivity (Wildman–Crippen MR) is 82.2 cm³/mol. The van der Waals surface area contributed by atoms with Crippen LogP contribution in [0.1, 0.15) is 46.5 Å². The van der Waals surface area contributed by atoms with E-state index in [1.807, 2.05) is 0 Å². The molecule has 0 heterocycles. The third-order valence-corrected chi connectivity index (χ3v) is 4.80. The topological polar surface area (TPSA) is 56.0 Å². The minimum atomic E-state index is -0.0962. The van der Waals surface area contributed by atoms with Crippen molar-refractivity contribution in [2.45, 2.75) is 52.0 Å². The van der Waals surface area contributed by atoms with Gasteiger partial charge in [0.05, 0.1) is 18.4 Å². The molecule has 4 heteroatoms. The first-order valence-corrected chi connectivity index (χ1v) is 8.39. The lowest BCUT2D eigenvalue weighted by Crippen LogP contribution is -2.55. The van der Waals surface area contributed by atoms with Crippen LogP contribution in [0, 0.1) is 22.7 Å². The molecule has 1 fully saturated rings. The second kappa shape index (κ2) is 7.52. The highest BCUT2D eigenvalue weighted by Crippen LogP contribution is 2.43. The van der Waals surface area contributed by atoms with Crippen molar-refractivity contribution >= 4 is 11.8 Å². The van der Waals surface area contributed by atoms with E-state index < -0.39 is 0 Å². The van der Waals surface area contributed by atoms with Crippen LogP contribution in [0.15, 0.2) is 0 Å². The fourth-order valence-corrected chi connectivity index (χ4v) is 4.28. The van der Waals surface area contributed by atoms with Gasteiger partial charge >= 0.3 is 0 Å². The highest BCUT2D eigenvalue weighted by Gasteiger charge is 2.41. The summed E-state index contributed by atoms with van der Waals surface area (Å²) in [5.41, 5.74) is 0.212. The maximum Gasteiger partial charge on any atom is 0.0808 e. The van der Waals surface area contributed by atoms with Gasteiger partial charge in [0, 0.05) is 5.54 Å². The molecule has 2 unspecified atom stereocenters. The van der Waals surface area contributed by atoms with Crippen molar-refractivity contribution in [1.82, 2.24) is 5.32 Å². The molecule has 0 radical (unpaired) electrons. The van der Waals surface area contributed by atoms with Crippen LogP contribution in [-0.2, 0) is 0 Å². The Morgan fingerprint density at radius 2 is 2.16 bits per heavy atom. The molecule has 0 saturated heterocycles. The maximum atomic E-state index is 9.82. The summed E-state index contributed by atoms with van der Waals surface area (Å²) in [6.45, 7) is 8.05. The van der Waals surface area contributed by atoms with E-state index >= 15 is 0 Å². The quantitative estimate of drug-likeness (QED) is 0.706. The fourth-order valence-electron chi connectivity index (χ4n) is 3.70. The third kappa shape index (κ3) is 5.72. The van der Waals surface area contributed by atoms with Gasteiger partial charge in [0.2, 0.25) is 0 Å². The van der Waals surface area contributed by atoms with Gasteiger partial charge in [0.1, 0.15) is 0 Å².